The third kappa shape index (κ3) is 3.80. The zero-order valence-corrected chi connectivity index (χ0v) is 11.6. The van der Waals surface area contributed by atoms with Crippen molar-refractivity contribution in [2.24, 2.45) is 0 Å². The van der Waals surface area contributed by atoms with Crippen LogP contribution < -0.4 is 5.11 Å². The Balaban J connectivity index is 2.37. The SMILES string of the molecule is CCO/C([O-])=C/[S+](c1ccccc1)c1ccccc1. The molecular formula is C16H16O2S. The smallest absolute Gasteiger partial charge is 0.166 e. The van der Waals surface area contributed by atoms with Gasteiger partial charge in [0.05, 0.1) is 10.9 Å². The van der Waals surface area contributed by atoms with Crippen LogP contribution >= 0.6 is 0 Å². The number of hydrogen-bond donors (Lipinski definition) is 0. The molecule has 0 amide bonds. The highest BCUT2D eigenvalue weighted by molar-refractivity contribution is 7.99. The molecule has 0 aliphatic heterocycles. The van der Waals surface area contributed by atoms with Crippen LogP contribution in [0.5, 0.6) is 0 Å². The Bertz CT molecular complexity index is 483. The summed E-state index contributed by atoms with van der Waals surface area (Å²) in [6, 6.07) is 20.0. The number of hydrogen-bond acceptors (Lipinski definition) is 2. The molecule has 0 aromatic heterocycles. The van der Waals surface area contributed by atoms with Crippen LogP contribution in [-0.4, -0.2) is 6.61 Å². The largest absolute Gasteiger partial charge is 0.611 e. The molecule has 19 heavy (non-hydrogen) atoms. The van der Waals surface area contributed by atoms with Crippen molar-refractivity contribution in [3.8, 4) is 0 Å². The summed E-state index contributed by atoms with van der Waals surface area (Å²) in [5, 5.41) is 13.4. The zero-order chi connectivity index (χ0) is 13.5. The van der Waals surface area contributed by atoms with Gasteiger partial charge in [0.1, 0.15) is 5.95 Å². The van der Waals surface area contributed by atoms with Gasteiger partial charge < -0.3 is 9.84 Å². The molecule has 0 fully saturated rings. The van der Waals surface area contributed by atoms with E-state index in [0.717, 1.165) is 9.79 Å². The molecule has 0 saturated carbocycles. The van der Waals surface area contributed by atoms with Crippen molar-refractivity contribution in [2.75, 3.05) is 6.61 Å². The fourth-order valence-electron chi connectivity index (χ4n) is 1.68. The minimum atomic E-state index is -0.382. The Hall–Kier alpha value is -1.87. The molecule has 0 atom stereocenters. The monoisotopic (exact) mass is 272 g/mol. The molecule has 98 valence electrons. The van der Waals surface area contributed by atoms with Crippen LogP contribution in [-0.2, 0) is 15.6 Å². The van der Waals surface area contributed by atoms with Crippen LogP contribution in [0.1, 0.15) is 6.92 Å². The quantitative estimate of drug-likeness (QED) is 0.619. The van der Waals surface area contributed by atoms with Gasteiger partial charge in [0.25, 0.3) is 0 Å². The van der Waals surface area contributed by atoms with Gasteiger partial charge in [-0.2, -0.15) is 0 Å². The second-order valence-corrected chi connectivity index (χ2v) is 5.69. The lowest BCUT2D eigenvalue weighted by molar-refractivity contribution is -0.356. The summed E-state index contributed by atoms with van der Waals surface area (Å²) < 4.78 is 5.03. The molecule has 2 nitrogen and oxygen atoms in total. The van der Waals surface area contributed by atoms with Gasteiger partial charge >= 0.3 is 0 Å². The maximum Gasteiger partial charge on any atom is 0.166 e. The van der Waals surface area contributed by atoms with E-state index in [2.05, 4.69) is 0 Å². The van der Waals surface area contributed by atoms with Crippen LogP contribution in [0.2, 0.25) is 0 Å². The molecule has 0 spiro atoms. The Labute approximate surface area is 116 Å². The molecular weight excluding hydrogens is 256 g/mol. The number of ether oxygens (including phenoxy) is 1. The molecule has 0 saturated heterocycles. The highest BCUT2D eigenvalue weighted by Gasteiger charge is 2.22. The lowest BCUT2D eigenvalue weighted by atomic mass is 10.4. The highest BCUT2D eigenvalue weighted by atomic mass is 32.2. The van der Waals surface area contributed by atoms with Crippen molar-refractivity contribution in [3.05, 3.63) is 72.0 Å². The van der Waals surface area contributed by atoms with E-state index >= 15 is 0 Å². The standard InChI is InChI=1S/C16H16O2S/c1-2-18-16(17)13-19(14-9-5-3-6-10-14)15-11-7-4-8-12-15/h3-13H,2H2,1H3/b16-13+. The van der Waals surface area contributed by atoms with Gasteiger partial charge in [0.2, 0.25) is 0 Å². The van der Waals surface area contributed by atoms with Crippen molar-refractivity contribution in [3.63, 3.8) is 0 Å². The third-order valence-corrected chi connectivity index (χ3v) is 4.48. The average Bonchev–Trinajstić information content (AvgIpc) is 2.47. The van der Waals surface area contributed by atoms with Crippen molar-refractivity contribution < 1.29 is 9.84 Å². The Morgan fingerprint density at radius 2 is 1.47 bits per heavy atom. The van der Waals surface area contributed by atoms with Gasteiger partial charge in [-0.1, -0.05) is 43.3 Å². The summed E-state index contributed by atoms with van der Waals surface area (Å²) in [6.45, 7) is 2.21. The van der Waals surface area contributed by atoms with Crippen LogP contribution in [0.15, 0.2) is 81.8 Å². The van der Waals surface area contributed by atoms with E-state index in [1.54, 1.807) is 5.41 Å². The molecule has 0 aliphatic carbocycles. The summed E-state index contributed by atoms with van der Waals surface area (Å²) in [4.78, 5) is 2.23. The normalized spacial score (nSPS) is 11.6. The van der Waals surface area contributed by atoms with Gasteiger partial charge in [-0.3, -0.25) is 0 Å². The molecule has 2 aromatic carbocycles. The Morgan fingerprint density at radius 1 is 1.00 bits per heavy atom. The Morgan fingerprint density at radius 3 is 1.89 bits per heavy atom. The van der Waals surface area contributed by atoms with E-state index < -0.39 is 0 Å². The van der Waals surface area contributed by atoms with Crippen molar-refractivity contribution >= 4 is 10.9 Å². The summed E-state index contributed by atoms with van der Waals surface area (Å²) >= 11 is 0. The van der Waals surface area contributed by atoms with E-state index in [9.17, 15) is 5.11 Å². The van der Waals surface area contributed by atoms with Crippen molar-refractivity contribution in [2.45, 2.75) is 16.7 Å². The van der Waals surface area contributed by atoms with Crippen molar-refractivity contribution in [1.29, 1.82) is 0 Å². The minimum Gasteiger partial charge on any atom is -0.611 e. The van der Waals surface area contributed by atoms with Crippen LogP contribution in [0.25, 0.3) is 0 Å². The second-order valence-electron chi connectivity index (χ2n) is 3.83. The first-order valence-corrected chi connectivity index (χ1v) is 7.45. The molecule has 0 N–H and O–H groups in total. The molecule has 0 aliphatic rings. The van der Waals surface area contributed by atoms with Crippen molar-refractivity contribution in [1.82, 2.24) is 0 Å². The highest BCUT2D eigenvalue weighted by Crippen LogP contribution is 2.24. The minimum absolute atomic E-state index is 0.265. The summed E-state index contributed by atoms with van der Waals surface area (Å²) in [5.74, 6) is -0.265. The predicted molar refractivity (Wildman–Crippen MR) is 76.5 cm³/mol. The molecule has 2 aromatic rings. The molecule has 0 heterocycles. The maximum absolute atomic E-state index is 11.7. The zero-order valence-electron chi connectivity index (χ0n) is 10.8. The van der Waals surface area contributed by atoms with Gasteiger partial charge in [-0.25, -0.2) is 0 Å². The summed E-state index contributed by atoms with van der Waals surface area (Å²) in [6.07, 6.45) is 0. The van der Waals surface area contributed by atoms with Gasteiger partial charge in [0.15, 0.2) is 15.2 Å². The van der Waals surface area contributed by atoms with Crippen LogP contribution in [0.3, 0.4) is 0 Å². The van der Waals surface area contributed by atoms with Crippen LogP contribution in [0.4, 0.5) is 0 Å². The van der Waals surface area contributed by atoms with E-state index in [0.29, 0.717) is 6.61 Å². The molecule has 3 heteroatoms. The van der Waals surface area contributed by atoms with Crippen LogP contribution in [0, 0.1) is 0 Å². The number of benzene rings is 2. The maximum atomic E-state index is 11.7. The summed E-state index contributed by atoms with van der Waals surface area (Å²) in [7, 11) is -0.382. The summed E-state index contributed by atoms with van der Waals surface area (Å²) in [5.41, 5.74) is 0. The first-order valence-electron chi connectivity index (χ1n) is 6.16. The van der Waals surface area contributed by atoms with E-state index in [4.69, 9.17) is 4.74 Å². The molecule has 2 rings (SSSR count). The lowest BCUT2D eigenvalue weighted by Crippen LogP contribution is -2.11. The van der Waals surface area contributed by atoms with E-state index in [-0.39, 0.29) is 16.8 Å². The van der Waals surface area contributed by atoms with Gasteiger partial charge in [-0.15, -0.1) is 0 Å². The molecule has 0 unspecified atom stereocenters. The fourth-order valence-corrected chi connectivity index (χ4v) is 3.38. The topological polar surface area (TPSA) is 32.3 Å². The second kappa shape index (κ2) is 6.90. The Kier molecular flexibility index (Phi) is 4.93. The van der Waals surface area contributed by atoms with Gasteiger partial charge in [-0.05, 0) is 30.9 Å². The van der Waals surface area contributed by atoms with E-state index in [1.165, 1.54) is 0 Å². The average molecular weight is 272 g/mol. The predicted octanol–water partition coefficient (Wildman–Crippen LogP) is 2.92. The molecule has 0 radical (unpaired) electrons. The lowest BCUT2D eigenvalue weighted by Gasteiger charge is -2.12. The number of rotatable bonds is 5. The molecule has 0 bridgehead atoms. The van der Waals surface area contributed by atoms with Gasteiger partial charge in [0, 0.05) is 0 Å². The first-order chi connectivity index (χ1) is 9.31. The van der Waals surface area contributed by atoms with E-state index in [1.807, 2.05) is 67.6 Å². The fraction of sp³-hybridized carbons (Fsp3) is 0.125. The third-order valence-electron chi connectivity index (χ3n) is 2.49. The first kappa shape index (κ1) is 13.6.